The number of carbonyl (C=O) groups excluding carboxylic acids is 1. The van der Waals surface area contributed by atoms with Gasteiger partial charge in [0.2, 0.25) is 5.91 Å². The molecule has 0 aliphatic heterocycles. The van der Waals surface area contributed by atoms with E-state index in [9.17, 15) is 4.79 Å². The van der Waals surface area contributed by atoms with Crippen LogP contribution in [-0.2, 0) is 9.53 Å². The van der Waals surface area contributed by atoms with Crippen LogP contribution in [0.3, 0.4) is 0 Å². The largest absolute Gasteiger partial charge is 0.377 e. The molecule has 3 nitrogen and oxygen atoms in total. The summed E-state index contributed by atoms with van der Waals surface area (Å²) in [5.74, 6) is -0.0140. The molecule has 0 saturated carbocycles. The number of alkyl halides is 1. The Bertz CT molecular complexity index is 163. The maximum atomic E-state index is 11.3. The Balaban J connectivity index is 3.49. The highest BCUT2D eigenvalue weighted by atomic mass is 79.9. The van der Waals surface area contributed by atoms with E-state index in [1.165, 1.54) is 0 Å². The summed E-state index contributed by atoms with van der Waals surface area (Å²) in [7, 11) is 0. The quantitative estimate of drug-likeness (QED) is 0.597. The summed E-state index contributed by atoms with van der Waals surface area (Å²) in [6.45, 7) is 8.68. The number of rotatable bonds is 5. The molecule has 0 aromatic heterocycles. The maximum absolute atomic E-state index is 11.3. The topological polar surface area (TPSA) is 38.3 Å². The lowest BCUT2D eigenvalue weighted by Gasteiger charge is -2.16. The van der Waals surface area contributed by atoms with Crippen LogP contribution in [0.4, 0.5) is 0 Å². The molecule has 4 heteroatoms. The SMILES string of the molecule is CC(C)OCCNC(=O)C(C)(C)Br. The first kappa shape index (κ1) is 12.9. The Hall–Kier alpha value is -0.0900. The minimum absolute atomic E-state index is 0.0140. The van der Waals surface area contributed by atoms with Crippen molar-refractivity contribution in [2.24, 2.45) is 0 Å². The molecule has 13 heavy (non-hydrogen) atoms. The predicted octanol–water partition coefficient (Wildman–Crippen LogP) is 1.70. The van der Waals surface area contributed by atoms with Gasteiger partial charge < -0.3 is 10.1 Å². The van der Waals surface area contributed by atoms with Gasteiger partial charge in [0.25, 0.3) is 0 Å². The van der Waals surface area contributed by atoms with E-state index < -0.39 is 4.32 Å². The van der Waals surface area contributed by atoms with Crippen molar-refractivity contribution in [2.75, 3.05) is 13.2 Å². The number of halogens is 1. The van der Waals surface area contributed by atoms with Gasteiger partial charge in [0.05, 0.1) is 17.0 Å². The predicted molar refractivity (Wildman–Crippen MR) is 57.1 cm³/mol. The van der Waals surface area contributed by atoms with Crippen molar-refractivity contribution >= 4 is 21.8 Å². The van der Waals surface area contributed by atoms with Gasteiger partial charge in [0, 0.05) is 6.54 Å². The summed E-state index contributed by atoms with van der Waals surface area (Å²) in [5, 5.41) is 2.77. The van der Waals surface area contributed by atoms with Crippen LogP contribution < -0.4 is 5.32 Å². The van der Waals surface area contributed by atoms with Gasteiger partial charge in [-0.1, -0.05) is 15.9 Å². The van der Waals surface area contributed by atoms with E-state index in [2.05, 4.69) is 21.2 Å². The van der Waals surface area contributed by atoms with Crippen molar-refractivity contribution in [2.45, 2.75) is 38.1 Å². The van der Waals surface area contributed by atoms with E-state index in [1.807, 2.05) is 27.7 Å². The van der Waals surface area contributed by atoms with Crippen molar-refractivity contribution in [1.82, 2.24) is 5.32 Å². The molecule has 0 rings (SSSR count). The first-order valence-corrected chi connectivity index (χ1v) is 5.22. The number of ether oxygens (including phenoxy) is 1. The van der Waals surface area contributed by atoms with Crippen LogP contribution in [0.1, 0.15) is 27.7 Å². The van der Waals surface area contributed by atoms with E-state index >= 15 is 0 Å². The summed E-state index contributed by atoms with van der Waals surface area (Å²) in [5.41, 5.74) is 0. The van der Waals surface area contributed by atoms with E-state index in [1.54, 1.807) is 0 Å². The molecule has 0 aliphatic rings. The molecule has 1 N–H and O–H groups in total. The molecule has 0 aromatic rings. The Labute approximate surface area is 88.4 Å². The lowest BCUT2D eigenvalue weighted by atomic mass is 10.2. The second-order valence-electron chi connectivity index (χ2n) is 3.65. The van der Waals surface area contributed by atoms with Crippen LogP contribution in [0.2, 0.25) is 0 Å². The van der Waals surface area contributed by atoms with Crippen LogP contribution in [0, 0.1) is 0 Å². The Morgan fingerprint density at radius 3 is 2.46 bits per heavy atom. The van der Waals surface area contributed by atoms with Crippen molar-refractivity contribution in [1.29, 1.82) is 0 Å². The number of nitrogens with one attached hydrogen (secondary N) is 1. The maximum Gasteiger partial charge on any atom is 0.236 e. The van der Waals surface area contributed by atoms with Gasteiger partial charge in [-0.15, -0.1) is 0 Å². The first-order valence-electron chi connectivity index (χ1n) is 4.43. The van der Waals surface area contributed by atoms with E-state index in [0.29, 0.717) is 13.2 Å². The number of hydrogen-bond acceptors (Lipinski definition) is 2. The highest BCUT2D eigenvalue weighted by molar-refractivity contribution is 9.10. The fraction of sp³-hybridized carbons (Fsp3) is 0.889. The highest BCUT2D eigenvalue weighted by Crippen LogP contribution is 2.14. The molecule has 0 fully saturated rings. The van der Waals surface area contributed by atoms with E-state index in [0.717, 1.165) is 0 Å². The molecule has 0 spiro atoms. The average molecular weight is 252 g/mol. The van der Waals surface area contributed by atoms with Crippen LogP contribution in [0.25, 0.3) is 0 Å². The number of hydrogen-bond donors (Lipinski definition) is 1. The molecule has 0 atom stereocenters. The first-order chi connectivity index (χ1) is 5.84. The highest BCUT2D eigenvalue weighted by Gasteiger charge is 2.22. The van der Waals surface area contributed by atoms with Gasteiger partial charge in [0.15, 0.2) is 0 Å². The fourth-order valence-corrected chi connectivity index (χ4v) is 0.810. The summed E-state index contributed by atoms with van der Waals surface area (Å²) < 4.78 is 4.78. The Kier molecular flexibility index (Phi) is 5.56. The molecule has 0 aliphatic carbocycles. The van der Waals surface area contributed by atoms with Crippen molar-refractivity contribution < 1.29 is 9.53 Å². The monoisotopic (exact) mass is 251 g/mol. The molecule has 0 bridgehead atoms. The van der Waals surface area contributed by atoms with Crippen LogP contribution in [0.5, 0.6) is 0 Å². The van der Waals surface area contributed by atoms with Gasteiger partial charge in [-0.2, -0.15) is 0 Å². The zero-order valence-electron chi connectivity index (χ0n) is 8.69. The van der Waals surface area contributed by atoms with Crippen LogP contribution in [-0.4, -0.2) is 29.5 Å². The summed E-state index contributed by atoms with van der Waals surface area (Å²) in [6.07, 6.45) is 0.217. The van der Waals surface area contributed by atoms with Gasteiger partial charge in [-0.25, -0.2) is 0 Å². The molecule has 78 valence electrons. The van der Waals surface area contributed by atoms with E-state index in [-0.39, 0.29) is 12.0 Å². The smallest absolute Gasteiger partial charge is 0.236 e. The third-order valence-corrected chi connectivity index (χ3v) is 1.74. The summed E-state index contributed by atoms with van der Waals surface area (Å²) in [4.78, 5) is 11.3. The second kappa shape index (κ2) is 5.60. The molecule has 0 unspecified atom stereocenters. The van der Waals surface area contributed by atoms with Crippen molar-refractivity contribution in [3.63, 3.8) is 0 Å². The Morgan fingerprint density at radius 2 is 2.08 bits per heavy atom. The number of carbonyl (C=O) groups is 1. The Morgan fingerprint density at radius 1 is 1.54 bits per heavy atom. The molecular weight excluding hydrogens is 234 g/mol. The third-order valence-electron chi connectivity index (χ3n) is 1.38. The van der Waals surface area contributed by atoms with Gasteiger partial charge in [-0.05, 0) is 27.7 Å². The third kappa shape index (κ3) is 7.02. The molecule has 0 saturated heterocycles. The summed E-state index contributed by atoms with van der Waals surface area (Å²) in [6, 6.07) is 0. The molecule has 0 aromatic carbocycles. The molecule has 0 radical (unpaired) electrons. The second-order valence-corrected chi connectivity index (χ2v) is 5.63. The van der Waals surface area contributed by atoms with Crippen molar-refractivity contribution in [3.8, 4) is 0 Å². The lowest BCUT2D eigenvalue weighted by Crippen LogP contribution is -2.39. The normalized spacial score (nSPS) is 11.8. The van der Waals surface area contributed by atoms with Crippen molar-refractivity contribution in [3.05, 3.63) is 0 Å². The van der Waals surface area contributed by atoms with Gasteiger partial charge >= 0.3 is 0 Å². The average Bonchev–Trinajstić information content (AvgIpc) is 1.95. The lowest BCUT2D eigenvalue weighted by molar-refractivity contribution is -0.122. The van der Waals surface area contributed by atoms with Gasteiger partial charge in [-0.3, -0.25) is 4.79 Å². The minimum Gasteiger partial charge on any atom is -0.377 e. The van der Waals surface area contributed by atoms with Gasteiger partial charge in [0.1, 0.15) is 0 Å². The fourth-order valence-electron chi connectivity index (χ4n) is 0.669. The zero-order chi connectivity index (χ0) is 10.5. The molecular formula is C9H18BrNO2. The van der Waals surface area contributed by atoms with E-state index in [4.69, 9.17) is 4.74 Å². The number of amides is 1. The minimum atomic E-state index is -0.495. The zero-order valence-corrected chi connectivity index (χ0v) is 10.3. The molecule has 1 amide bonds. The van der Waals surface area contributed by atoms with Crippen LogP contribution >= 0.6 is 15.9 Å². The standard InChI is InChI=1S/C9H18BrNO2/c1-7(2)13-6-5-11-8(12)9(3,4)10/h7H,5-6H2,1-4H3,(H,11,12). The molecule has 0 heterocycles. The summed E-state index contributed by atoms with van der Waals surface area (Å²) >= 11 is 3.27. The van der Waals surface area contributed by atoms with Crippen LogP contribution in [0.15, 0.2) is 0 Å².